The Labute approximate surface area is 136 Å². The highest BCUT2D eigenvalue weighted by Gasteiger charge is 2.11. The van der Waals surface area contributed by atoms with E-state index in [1.54, 1.807) is 6.08 Å². The fourth-order valence-corrected chi connectivity index (χ4v) is 2.14. The van der Waals surface area contributed by atoms with E-state index in [1.807, 2.05) is 61.5 Å². The lowest BCUT2D eigenvalue weighted by molar-refractivity contribution is -0.122. The van der Waals surface area contributed by atoms with Crippen LogP contribution >= 0.6 is 0 Å². The number of carbonyl (C=O) groups excluding carboxylic acids is 2. The number of carbonyl (C=O) groups is 2. The maximum absolute atomic E-state index is 12.4. The molecular formula is C19H20N2O2. The standard InChI is InChI=1S/C19H20N2O2/c1-14-8-6-7-11-17(14)13-20-19(23)18(21-15(2)22)12-16-9-4-3-5-10-16/h3-12H,13H2,1-2H3,(H,20,23)(H,21,22)/b18-12-. The maximum atomic E-state index is 12.4. The summed E-state index contributed by atoms with van der Waals surface area (Å²) in [6.07, 6.45) is 1.66. The normalized spacial score (nSPS) is 11.0. The van der Waals surface area contributed by atoms with Crippen molar-refractivity contribution >= 4 is 17.9 Å². The van der Waals surface area contributed by atoms with Crippen molar-refractivity contribution in [2.24, 2.45) is 0 Å². The van der Waals surface area contributed by atoms with Gasteiger partial charge in [-0.15, -0.1) is 0 Å². The first-order chi connectivity index (χ1) is 11.1. The van der Waals surface area contributed by atoms with Crippen LogP contribution in [-0.4, -0.2) is 11.8 Å². The van der Waals surface area contributed by atoms with E-state index in [9.17, 15) is 9.59 Å². The Balaban J connectivity index is 2.12. The average Bonchev–Trinajstić information content (AvgIpc) is 2.54. The number of amides is 2. The lowest BCUT2D eigenvalue weighted by atomic mass is 10.1. The predicted molar refractivity (Wildman–Crippen MR) is 91.3 cm³/mol. The lowest BCUT2D eigenvalue weighted by Crippen LogP contribution is -2.33. The van der Waals surface area contributed by atoms with E-state index in [-0.39, 0.29) is 17.5 Å². The van der Waals surface area contributed by atoms with Crippen molar-refractivity contribution in [2.75, 3.05) is 0 Å². The molecule has 2 aromatic rings. The summed E-state index contributed by atoms with van der Waals surface area (Å²) in [5, 5.41) is 5.43. The Bertz CT molecular complexity index is 721. The molecule has 118 valence electrons. The van der Waals surface area contributed by atoms with Crippen LogP contribution in [0, 0.1) is 6.92 Å². The van der Waals surface area contributed by atoms with Gasteiger partial charge in [0.05, 0.1) is 0 Å². The predicted octanol–water partition coefficient (Wildman–Crippen LogP) is 2.79. The molecule has 0 saturated carbocycles. The number of nitrogens with one attached hydrogen (secondary N) is 2. The monoisotopic (exact) mass is 308 g/mol. The molecule has 2 aromatic carbocycles. The molecule has 0 atom stereocenters. The highest BCUT2D eigenvalue weighted by atomic mass is 16.2. The van der Waals surface area contributed by atoms with Crippen LogP contribution in [0.15, 0.2) is 60.3 Å². The molecule has 0 aliphatic heterocycles. The second-order valence-corrected chi connectivity index (χ2v) is 5.26. The first kappa shape index (κ1) is 16.5. The smallest absolute Gasteiger partial charge is 0.268 e. The van der Waals surface area contributed by atoms with E-state index in [4.69, 9.17) is 0 Å². The molecule has 0 aromatic heterocycles. The van der Waals surface area contributed by atoms with E-state index in [2.05, 4.69) is 10.6 Å². The molecular weight excluding hydrogens is 288 g/mol. The van der Waals surface area contributed by atoms with Crippen molar-refractivity contribution in [1.29, 1.82) is 0 Å². The van der Waals surface area contributed by atoms with Gasteiger partial charge in [-0.1, -0.05) is 54.6 Å². The summed E-state index contributed by atoms with van der Waals surface area (Å²) < 4.78 is 0. The summed E-state index contributed by atoms with van der Waals surface area (Å²) in [5.41, 5.74) is 3.24. The van der Waals surface area contributed by atoms with Gasteiger partial charge in [0.2, 0.25) is 5.91 Å². The molecule has 4 nitrogen and oxygen atoms in total. The van der Waals surface area contributed by atoms with Crippen LogP contribution in [0.4, 0.5) is 0 Å². The zero-order chi connectivity index (χ0) is 16.7. The van der Waals surface area contributed by atoms with Crippen molar-refractivity contribution in [3.63, 3.8) is 0 Å². The van der Waals surface area contributed by atoms with Crippen molar-refractivity contribution in [2.45, 2.75) is 20.4 Å². The summed E-state index contributed by atoms with van der Waals surface area (Å²) in [6, 6.07) is 17.2. The highest BCUT2D eigenvalue weighted by Crippen LogP contribution is 2.08. The fourth-order valence-electron chi connectivity index (χ4n) is 2.14. The third kappa shape index (κ3) is 5.11. The van der Waals surface area contributed by atoms with Crippen LogP contribution < -0.4 is 10.6 Å². The van der Waals surface area contributed by atoms with E-state index >= 15 is 0 Å². The molecule has 0 bridgehead atoms. The largest absolute Gasteiger partial charge is 0.347 e. The van der Waals surface area contributed by atoms with Crippen LogP contribution in [0.2, 0.25) is 0 Å². The molecule has 0 fully saturated rings. The highest BCUT2D eigenvalue weighted by molar-refractivity contribution is 6.00. The molecule has 0 heterocycles. The van der Waals surface area contributed by atoms with Crippen LogP contribution in [0.5, 0.6) is 0 Å². The molecule has 0 aliphatic carbocycles. The Hall–Kier alpha value is -2.88. The maximum Gasteiger partial charge on any atom is 0.268 e. The quantitative estimate of drug-likeness (QED) is 0.835. The number of aryl methyl sites for hydroxylation is 1. The van der Waals surface area contributed by atoms with Crippen LogP contribution in [0.25, 0.3) is 6.08 Å². The van der Waals surface area contributed by atoms with Gasteiger partial charge in [0.1, 0.15) is 5.70 Å². The van der Waals surface area contributed by atoms with Gasteiger partial charge in [0.25, 0.3) is 5.91 Å². The molecule has 0 saturated heterocycles. The Morgan fingerprint density at radius 3 is 2.30 bits per heavy atom. The van der Waals surface area contributed by atoms with E-state index in [1.165, 1.54) is 6.92 Å². The second-order valence-electron chi connectivity index (χ2n) is 5.26. The third-order valence-corrected chi connectivity index (χ3v) is 3.37. The Kier molecular flexibility index (Phi) is 5.69. The SMILES string of the molecule is CC(=O)N/C(=C\c1ccccc1)C(=O)NCc1ccccc1C. The molecule has 2 N–H and O–H groups in total. The summed E-state index contributed by atoms with van der Waals surface area (Å²) in [6.45, 7) is 3.79. The minimum absolute atomic E-state index is 0.234. The minimum atomic E-state index is -0.313. The van der Waals surface area contributed by atoms with Crippen LogP contribution in [-0.2, 0) is 16.1 Å². The minimum Gasteiger partial charge on any atom is -0.347 e. The van der Waals surface area contributed by atoms with Crippen LogP contribution in [0.3, 0.4) is 0 Å². The number of benzene rings is 2. The molecule has 0 spiro atoms. The summed E-state index contributed by atoms with van der Waals surface area (Å²) in [4.78, 5) is 23.7. The first-order valence-corrected chi connectivity index (χ1v) is 7.43. The van der Waals surface area contributed by atoms with Gasteiger partial charge in [0, 0.05) is 13.5 Å². The second kappa shape index (κ2) is 7.94. The van der Waals surface area contributed by atoms with Crippen molar-refractivity contribution in [3.8, 4) is 0 Å². The van der Waals surface area contributed by atoms with E-state index < -0.39 is 0 Å². The average molecular weight is 308 g/mol. The first-order valence-electron chi connectivity index (χ1n) is 7.43. The Morgan fingerprint density at radius 2 is 1.65 bits per heavy atom. The van der Waals surface area contributed by atoms with Crippen molar-refractivity contribution in [3.05, 3.63) is 77.0 Å². The van der Waals surface area contributed by atoms with Gasteiger partial charge in [-0.2, -0.15) is 0 Å². The molecule has 2 amide bonds. The zero-order valence-electron chi connectivity index (χ0n) is 13.3. The fraction of sp³-hybridized carbons (Fsp3) is 0.158. The van der Waals surface area contributed by atoms with E-state index in [0.717, 1.165) is 16.7 Å². The number of hydrogen-bond acceptors (Lipinski definition) is 2. The molecule has 4 heteroatoms. The van der Waals surface area contributed by atoms with Gasteiger partial charge in [-0.25, -0.2) is 0 Å². The van der Waals surface area contributed by atoms with Gasteiger partial charge >= 0.3 is 0 Å². The van der Waals surface area contributed by atoms with Gasteiger partial charge in [0.15, 0.2) is 0 Å². The molecule has 2 rings (SSSR count). The van der Waals surface area contributed by atoms with Crippen LogP contribution in [0.1, 0.15) is 23.6 Å². The number of hydrogen-bond donors (Lipinski definition) is 2. The molecule has 0 radical (unpaired) electrons. The summed E-state index contributed by atoms with van der Waals surface area (Å²) in [5.74, 6) is -0.592. The lowest BCUT2D eigenvalue weighted by Gasteiger charge is -2.11. The summed E-state index contributed by atoms with van der Waals surface area (Å²) in [7, 11) is 0. The van der Waals surface area contributed by atoms with Gasteiger partial charge in [-0.05, 0) is 29.7 Å². The zero-order valence-corrected chi connectivity index (χ0v) is 13.3. The van der Waals surface area contributed by atoms with Crippen molar-refractivity contribution in [1.82, 2.24) is 10.6 Å². The molecule has 0 unspecified atom stereocenters. The van der Waals surface area contributed by atoms with E-state index in [0.29, 0.717) is 6.54 Å². The summed E-state index contributed by atoms with van der Waals surface area (Å²) >= 11 is 0. The van der Waals surface area contributed by atoms with Gasteiger partial charge in [-0.3, -0.25) is 9.59 Å². The molecule has 23 heavy (non-hydrogen) atoms. The molecule has 0 aliphatic rings. The third-order valence-electron chi connectivity index (χ3n) is 3.37. The van der Waals surface area contributed by atoms with Gasteiger partial charge < -0.3 is 10.6 Å². The van der Waals surface area contributed by atoms with Crippen molar-refractivity contribution < 1.29 is 9.59 Å². The number of rotatable bonds is 5. The topological polar surface area (TPSA) is 58.2 Å². The Morgan fingerprint density at radius 1 is 1.00 bits per heavy atom.